The van der Waals surface area contributed by atoms with Gasteiger partial charge in [-0.25, -0.2) is 0 Å². The molecule has 0 radical (unpaired) electrons. The Morgan fingerprint density at radius 2 is 2.15 bits per heavy atom. The van der Waals surface area contributed by atoms with Gasteiger partial charge < -0.3 is 15.8 Å². The molecule has 6 nitrogen and oxygen atoms in total. The van der Waals surface area contributed by atoms with E-state index in [9.17, 15) is 10.1 Å². The number of nitrogens with two attached hydrogens (primary N) is 1. The van der Waals surface area contributed by atoms with Gasteiger partial charge in [0.15, 0.2) is 0 Å². The number of ether oxygens (including phenoxy) is 1. The Hall–Kier alpha value is -3.59. The molecule has 0 unspecified atom stereocenters. The standard InChI is InChI=1S/C21H20N4O2/c1-3-27-20-10-19-17(9-18(20)23)21(15(11-22)12-24-19)25-16-6-4-5-14(8-16)7-13(2)26/h4-6,8-10,12H,3,7,23H2,1-2H3,(H,24,25). The van der Waals surface area contributed by atoms with E-state index in [1.807, 2.05) is 31.2 Å². The van der Waals surface area contributed by atoms with Gasteiger partial charge in [0.25, 0.3) is 0 Å². The van der Waals surface area contributed by atoms with Gasteiger partial charge in [-0.15, -0.1) is 0 Å². The molecule has 0 amide bonds. The second kappa shape index (κ2) is 7.75. The molecule has 136 valence electrons. The highest BCUT2D eigenvalue weighted by molar-refractivity contribution is 5.98. The van der Waals surface area contributed by atoms with Crippen molar-refractivity contribution in [3.05, 3.63) is 53.7 Å². The molecule has 2 aromatic carbocycles. The second-order valence-electron chi connectivity index (χ2n) is 6.20. The number of hydrogen-bond acceptors (Lipinski definition) is 6. The van der Waals surface area contributed by atoms with E-state index >= 15 is 0 Å². The molecule has 0 atom stereocenters. The fraction of sp³-hybridized carbons (Fsp3) is 0.190. The Labute approximate surface area is 157 Å². The fourth-order valence-corrected chi connectivity index (χ4v) is 2.93. The zero-order chi connectivity index (χ0) is 19.4. The molecule has 0 saturated heterocycles. The van der Waals surface area contributed by atoms with Crippen molar-refractivity contribution in [3.63, 3.8) is 0 Å². The van der Waals surface area contributed by atoms with E-state index in [-0.39, 0.29) is 5.78 Å². The van der Waals surface area contributed by atoms with Gasteiger partial charge in [0.2, 0.25) is 0 Å². The highest BCUT2D eigenvalue weighted by Crippen LogP contribution is 2.34. The van der Waals surface area contributed by atoms with Crippen molar-refractivity contribution in [2.75, 3.05) is 17.7 Å². The Morgan fingerprint density at radius 3 is 2.85 bits per heavy atom. The average molecular weight is 360 g/mol. The molecular formula is C21H20N4O2. The zero-order valence-corrected chi connectivity index (χ0v) is 15.2. The molecule has 3 aromatic rings. The quantitative estimate of drug-likeness (QED) is 0.645. The Morgan fingerprint density at radius 1 is 1.33 bits per heavy atom. The number of anilines is 3. The van der Waals surface area contributed by atoms with Crippen molar-refractivity contribution >= 4 is 33.7 Å². The first kappa shape index (κ1) is 18.2. The third-order valence-corrected chi connectivity index (χ3v) is 4.07. The van der Waals surface area contributed by atoms with Gasteiger partial charge in [-0.2, -0.15) is 5.26 Å². The largest absolute Gasteiger partial charge is 0.492 e. The van der Waals surface area contributed by atoms with Crippen molar-refractivity contribution < 1.29 is 9.53 Å². The molecular weight excluding hydrogens is 340 g/mol. The van der Waals surface area contributed by atoms with Gasteiger partial charge in [0.1, 0.15) is 17.6 Å². The number of rotatable bonds is 6. The fourth-order valence-electron chi connectivity index (χ4n) is 2.93. The van der Waals surface area contributed by atoms with Crippen LogP contribution < -0.4 is 15.8 Å². The number of carbonyl (C=O) groups is 1. The van der Waals surface area contributed by atoms with Crippen molar-refractivity contribution in [2.45, 2.75) is 20.3 Å². The number of carbonyl (C=O) groups excluding carboxylic acids is 1. The Balaban J connectivity index is 2.08. The first-order chi connectivity index (χ1) is 13.0. The van der Waals surface area contributed by atoms with Gasteiger partial charge in [-0.3, -0.25) is 9.78 Å². The minimum absolute atomic E-state index is 0.0930. The normalized spacial score (nSPS) is 10.4. The molecule has 0 spiro atoms. The number of nitriles is 1. The van der Waals surface area contributed by atoms with Crippen molar-refractivity contribution in [3.8, 4) is 11.8 Å². The van der Waals surface area contributed by atoms with E-state index in [1.54, 1.807) is 19.1 Å². The number of nitrogen functional groups attached to an aromatic ring is 1. The van der Waals surface area contributed by atoms with E-state index in [1.165, 1.54) is 6.20 Å². The summed E-state index contributed by atoms with van der Waals surface area (Å²) in [4.78, 5) is 15.7. The highest BCUT2D eigenvalue weighted by atomic mass is 16.5. The monoisotopic (exact) mass is 360 g/mol. The number of hydrogen-bond donors (Lipinski definition) is 2. The predicted molar refractivity (Wildman–Crippen MR) is 106 cm³/mol. The SMILES string of the molecule is CCOc1cc2ncc(C#N)c(Nc3cccc(CC(C)=O)c3)c2cc1N. The van der Waals surface area contributed by atoms with E-state index in [4.69, 9.17) is 10.5 Å². The molecule has 0 aliphatic rings. The second-order valence-corrected chi connectivity index (χ2v) is 6.20. The van der Waals surface area contributed by atoms with Gasteiger partial charge in [0, 0.05) is 29.8 Å². The highest BCUT2D eigenvalue weighted by Gasteiger charge is 2.13. The average Bonchev–Trinajstić information content (AvgIpc) is 2.63. The van der Waals surface area contributed by atoms with Crippen molar-refractivity contribution in [2.24, 2.45) is 0 Å². The van der Waals surface area contributed by atoms with Crippen LogP contribution in [0.5, 0.6) is 5.75 Å². The number of fused-ring (bicyclic) bond motifs is 1. The molecule has 0 saturated carbocycles. The summed E-state index contributed by atoms with van der Waals surface area (Å²) < 4.78 is 5.53. The summed E-state index contributed by atoms with van der Waals surface area (Å²) in [5.41, 5.74) is 9.98. The summed E-state index contributed by atoms with van der Waals surface area (Å²) in [6.07, 6.45) is 1.89. The van der Waals surface area contributed by atoms with Crippen LogP contribution in [0.4, 0.5) is 17.1 Å². The lowest BCUT2D eigenvalue weighted by atomic mass is 10.1. The third-order valence-electron chi connectivity index (χ3n) is 4.07. The van der Waals surface area contributed by atoms with Crippen LogP contribution in [0.2, 0.25) is 0 Å². The molecule has 3 N–H and O–H groups in total. The zero-order valence-electron chi connectivity index (χ0n) is 15.2. The molecule has 0 aliphatic heterocycles. The van der Waals surface area contributed by atoms with Gasteiger partial charge in [0.05, 0.1) is 29.1 Å². The van der Waals surface area contributed by atoms with Crippen LogP contribution in [0.3, 0.4) is 0 Å². The van der Waals surface area contributed by atoms with Crippen LogP contribution in [-0.2, 0) is 11.2 Å². The summed E-state index contributed by atoms with van der Waals surface area (Å²) >= 11 is 0. The minimum atomic E-state index is 0.0930. The first-order valence-corrected chi connectivity index (χ1v) is 8.62. The van der Waals surface area contributed by atoms with Gasteiger partial charge >= 0.3 is 0 Å². The summed E-state index contributed by atoms with van der Waals surface area (Å²) in [6, 6.07) is 13.2. The lowest BCUT2D eigenvalue weighted by molar-refractivity contribution is -0.116. The molecule has 27 heavy (non-hydrogen) atoms. The third kappa shape index (κ3) is 3.98. The van der Waals surface area contributed by atoms with E-state index in [0.29, 0.717) is 41.2 Å². The number of ketones is 1. The summed E-state index contributed by atoms with van der Waals surface area (Å²) in [6.45, 7) is 3.94. The van der Waals surface area contributed by atoms with Crippen molar-refractivity contribution in [1.82, 2.24) is 4.98 Å². The number of pyridine rings is 1. The van der Waals surface area contributed by atoms with Crippen LogP contribution in [0, 0.1) is 11.3 Å². The summed E-state index contributed by atoms with van der Waals surface area (Å²) in [7, 11) is 0. The van der Waals surface area contributed by atoms with Gasteiger partial charge in [-0.1, -0.05) is 12.1 Å². The summed E-state index contributed by atoms with van der Waals surface area (Å²) in [5, 5.41) is 13.5. The number of aromatic nitrogens is 1. The molecule has 6 heteroatoms. The predicted octanol–water partition coefficient (Wildman–Crippen LogP) is 3.96. The van der Waals surface area contributed by atoms with Crippen LogP contribution in [-0.4, -0.2) is 17.4 Å². The summed E-state index contributed by atoms with van der Waals surface area (Å²) in [5.74, 6) is 0.659. The van der Waals surface area contributed by atoms with Crippen LogP contribution >= 0.6 is 0 Å². The molecule has 1 aromatic heterocycles. The maximum atomic E-state index is 11.4. The number of benzene rings is 2. The van der Waals surface area contributed by atoms with Crippen LogP contribution in [0.15, 0.2) is 42.6 Å². The molecule has 0 fully saturated rings. The molecule has 0 bridgehead atoms. The van der Waals surface area contributed by atoms with E-state index in [0.717, 1.165) is 16.6 Å². The Kier molecular flexibility index (Phi) is 5.23. The number of Topliss-reactive ketones (excluding diaryl/α,β-unsaturated/α-hetero) is 1. The number of nitrogens with one attached hydrogen (secondary N) is 1. The smallest absolute Gasteiger partial charge is 0.144 e. The number of nitrogens with zero attached hydrogens (tertiary/aromatic N) is 2. The molecule has 3 rings (SSSR count). The van der Waals surface area contributed by atoms with Crippen LogP contribution in [0.1, 0.15) is 25.0 Å². The topological polar surface area (TPSA) is 101 Å². The van der Waals surface area contributed by atoms with E-state index < -0.39 is 0 Å². The van der Waals surface area contributed by atoms with Crippen molar-refractivity contribution in [1.29, 1.82) is 5.26 Å². The maximum Gasteiger partial charge on any atom is 0.144 e. The maximum absolute atomic E-state index is 11.4. The lowest BCUT2D eigenvalue weighted by Crippen LogP contribution is -2.01. The lowest BCUT2D eigenvalue weighted by Gasteiger charge is -2.14. The van der Waals surface area contributed by atoms with E-state index in [2.05, 4.69) is 16.4 Å². The first-order valence-electron chi connectivity index (χ1n) is 8.62. The van der Waals surface area contributed by atoms with Gasteiger partial charge in [-0.05, 0) is 37.6 Å². The Bertz CT molecular complexity index is 1050. The molecule has 1 heterocycles. The van der Waals surface area contributed by atoms with Crippen LogP contribution in [0.25, 0.3) is 10.9 Å². The minimum Gasteiger partial charge on any atom is -0.492 e. The molecule has 0 aliphatic carbocycles.